The van der Waals surface area contributed by atoms with Crippen molar-refractivity contribution >= 4 is 5.97 Å². The minimum absolute atomic E-state index is 0.577. The van der Waals surface area contributed by atoms with E-state index in [1.165, 1.54) is 25.7 Å². The lowest BCUT2D eigenvalue weighted by molar-refractivity contribution is -0.150. The Labute approximate surface area is 112 Å². The Bertz CT molecular complexity index is 267. The second-order valence-corrected chi connectivity index (χ2v) is 6.00. The Morgan fingerprint density at radius 2 is 2.06 bits per heavy atom. The Balaban J connectivity index is 2.73. The lowest BCUT2D eigenvalue weighted by Crippen LogP contribution is -2.45. The Kier molecular flexibility index (Phi) is 6.13. The van der Waals surface area contributed by atoms with Crippen LogP contribution in [0, 0.1) is 5.41 Å². The van der Waals surface area contributed by atoms with Crippen LogP contribution in [0.15, 0.2) is 0 Å². The zero-order chi connectivity index (χ0) is 13.6. The number of aliphatic carboxylic acids is 1. The van der Waals surface area contributed by atoms with E-state index in [9.17, 15) is 9.90 Å². The summed E-state index contributed by atoms with van der Waals surface area (Å²) >= 11 is 0. The molecule has 0 aliphatic carbocycles. The minimum atomic E-state index is -0.636. The van der Waals surface area contributed by atoms with Gasteiger partial charge in [0.1, 0.15) is 0 Å². The number of carboxylic acid groups (broad SMARTS) is 1. The molecule has 0 radical (unpaired) electrons. The van der Waals surface area contributed by atoms with Gasteiger partial charge in [-0.1, -0.05) is 33.1 Å². The molecule has 0 aromatic rings. The van der Waals surface area contributed by atoms with E-state index < -0.39 is 11.4 Å². The number of likely N-dealkylation sites (tertiary alicyclic amines) is 1. The lowest BCUT2D eigenvalue weighted by atomic mass is 9.84. The van der Waals surface area contributed by atoms with E-state index in [0.717, 1.165) is 25.8 Å². The van der Waals surface area contributed by atoms with Crippen molar-refractivity contribution in [3.63, 3.8) is 0 Å². The number of hydrogen-bond donors (Lipinski definition) is 1. The first-order valence-corrected chi connectivity index (χ1v) is 7.51. The van der Waals surface area contributed by atoms with E-state index in [1.807, 2.05) is 6.92 Å². The van der Waals surface area contributed by atoms with Crippen LogP contribution in [0.5, 0.6) is 0 Å². The molecule has 0 aromatic heterocycles. The van der Waals surface area contributed by atoms with Gasteiger partial charge in [-0.25, -0.2) is 0 Å². The summed E-state index contributed by atoms with van der Waals surface area (Å²) in [6.07, 6.45) is 7.90. The minimum Gasteiger partial charge on any atom is -0.481 e. The van der Waals surface area contributed by atoms with Gasteiger partial charge in [-0.15, -0.1) is 0 Å². The van der Waals surface area contributed by atoms with Crippen LogP contribution in [0.2, 0.25) is 0 Å². The van der Waals surface area contributed by atoms with Gasteiger partial charge >= 0.3 is 5.97 Å². The molecule has 2 unspecified atom stereocenters. The molecule has 0 aromatic carbocycles. The van der Waals surface area contributed by atoms with Gasteiger partial charge in [0.15, 0.2) is 0 Å². The van der Waals surface area contributed by atoms with Crippen molar-refractivity contribution in [2.75, 3.05) is 13.1 Å². The molecule has 1 fully saturated rings. The Morgan fingerprint density at radius 3 is 2.61 bits per heavy atom. The summed E-state index contributed by atoms with van der Waals surface area (Å²) < 4.78 is 0. The molecule has 1 rings (SSSR count). The average molecular weight is 255 g/mol. The summed E-state index contributed by atoms with van der Waals surface area (Å²) in [5.41, 5.74) is -0.577. The molecule has 3 nitrogen and oxygen atoms in total. The number of rotatable bonds is 6. The molecule has 0 amide bonds. The van der Waals surface area contributed by atoms with Crippen molar-refractivity contribution in [3.05, 3.63) is 0 Å². The molecule has 1 aliphatic heterocycles. The van der Waals surface area contributed by atoms with Gasteiger partial charge in [-0.3, -0.25) is 9.69 Å². The number of carboxylic acids is 1. The van der Waals surface area contributed by atoms with Crippen molar-refractivity contribution in [1.82, 2.24) is 4.90 Å². The smallest absolute Gasteiger partial charge is 0.310 e. The monoisotopic (exact) mass is 255 g/mol. The highest BCUT2D eigenvalue weighted by molar-refractivity contribution is 5.74. The fourth-order valence-electron chi connectivity index (χ4n) is 3.16. The number of hydrogen-bond acceptors (Lipinski definition) is 2. The first kappa shape index (κ1) is 15.5. The highest BCUT2D eigenvalue weighted by Crippen LogP contribution is 2.29. The third-order valence-corrected chi connectivity index (χ3v) is 4.34. The molecule has 0 spiro atoms. The highest BCUT2D eigenvalue weighted by Gasteiger charge is 2.36. The first-order chi connectivity index (χ1) is 8.53. The molecule has 106 valence electrons. The molecule has 18 heavy (non-hydrogen) atoms. The van der Waals surface area contributed by atoms with Crippen LogP contribution in [0.4, 0.5) is 0 Å². The molecule has 1 aliphatic rings. The van der Waals surface area contributed by atoms with Crippen LogP contribution in [-0.2, 0) is 4.79 Å². The van der Waals surface area contributed by atoms with Gasteiger partial charge in [0, 0.05) is 12.6 Å². The molecule has 1 saturated heterocycles. The molecule has 0 bridgehead atoms. The summed E-state index contributed by atoms with van der Waals surface area (Å²) in [4.78, 5) is 14.0. The first-order valence-electron chi connectivity index (χ1n) is 7.51. The summed E-state index contributed by atoms with van der Waals surface area (Å²) in [7, 11) is 0. The van der Waals surface area contributed by atoms with Crippen LogP contribution in [-0.4, -0.2) is 35.1 Å². The maximum atomic E-state index is 11.5. The summed E-state index contributed by atoms with van der Waals surface area (Å²) in [6, 6.07) is 0.586. The predicted molar refractivity (Wildman–Crippen MR) is 74.8 cm³/mol. The topological polar surface area (TPSA) is 40.5 Å². The SMILES string of the molecule is CCCC(C)(CN1CCCCCC1CC)C(=O)O. The van der Waals surface area contributed by atoms with E-state index in [-0.39, 0.29) is 0 Å². The van der Waals surface area contributed by atoms with Crippen LogP contribution >= 0.6 is 0 Å². The van der Waals surface area contributed by atoms with Crippen LogP contribution < -0.4 is 0 Å². The molecular formula is C15H29NO2. The Hall–Kier alpha value is -0.570. The van der Waals surface area contributed by atoms with Crippen LogP contribution in [0.25, 0.3) is 0 Å². The lowest BCUT2D eigenvalue weighted by Gasteiger charge is -2.36. The third-order valence-electron chi connectivity index (χ3n) is 4.34. The normalized spacial score (nSPS) is 25.4. The van der Waals surface area contributed by atoms with E-state index >= 15 is 0 Å². The maximum Gasteiger partial charge on any atom is 0.310 e. The molecule has 0 saturated carbocycles. The molecule has 1 heterocycles. The van der Waals surface area contributed by atoms with E-state index in [0.29, 0.717) is 12.6 Å². The van der Waals surface area contributed by atoms with Gasteiger partial charge in [-0.2, -0.15) is 0 Å². The van der Waals surface area contributed by atoms with E-state index in [1.54, 1.807) is 0 Å². The Morgan fingerprint density at radius 1 is 1.33 bits per heavy atom. The zero-order valence-corrected chi connectivity index (χ0v) is 12.2. The third kappa shape index (κ3) is 3.98. The average Bonchev–Trinajstić information content (AvgIpc) is 2.54. The van der Waals surface area contributed by atoms with Crippen LogP contribution in [0.1, 0.15) is 65.7 Å². The van der Waals surface area contributed by atoms with E-state index in [2.05, 4.69) is 18.7 Å². The molecular weight excluding hydrogens is 226 g/mol. The van der Waals surface area contributed by atoms with Crippen molar-refractivity contribution in [3.8, 4) is 0 Å². The van der Waals surface area contributed by atoms with Crippen molar-refractivity contribution < 1.29 is 9.90 Å². The second-order valence-electron chi connectivity index (χ2n) is 6.00. The number of carbonyl (C=O) groups is 1. The van der Waals surface area contributed by atoms with E-state index in [4.69, 9.17) is 0 Å². The van der Waals surface area contributed by atoms with Crippen molar-refractivity contribution in [1.29, 1.82) is 0 Å². The highest BCUT2D eigenvalue weighted by atomic mass is 16.4. The molecule has 2 atom stereocenters. The summed E-state index contributed by atoms with van der Waals surface area (Å²) in [5, 5.41) is 9.50. The fraction of sp³-hybridized carbons (Fsp3) is 0.933. The quantitative estimate of drug-likeness (QED) is 0.789. The van der Waals surface area contributed by atoms with Gasteiger partial charge in [0.2, 0.25) is 0 Å². The largest absolute Gasteiger partial charge is 0.481 e. The number of nitrogens with zero attached hydrogens (tertiary/aromatic N) is 1. The van der Waals surface area contributed by atoms with Gasteiger partial charge in [-0.05, 0) is 39.2 Å². The fourth-order valence-corrected chi connectivity index (χ4v) is 3.16. The molecule has 1 N–H and O–H groups in total. The standard InChI is InChI=1S/C15H29NO2/c1-4-10-15(3,14(17)18)12-16-11-8-6-7-9-13(16)5-2/h13H,4-12H2,1-3H3,(H,17,18). The van der Waals surface area contributed by atoms with Crippen molar-refractivity contribution in [2.45, 2.75) is 71.8 Å². The van der Waals surface area contributed by atoms with Crippen molar-refractivity contribution in [2.24, 2.45) is 5.41 Å². The van der Waals surface area contributed by atoms with Gasteiger partial charge in [0.05, 0.1) is 5.41 Å². The maximum absolute atomic E-state index is 11.5. The summed E-state index contributed by atoms with van der Waals surface area (Å²) in [6.45, 7) is 8.00. The second kappa shape index (κ2) is 7.13. The van der Waals surface area contributed by atoms with Gasteiger partial charge in [0.25, 0.3) is 0 Å². The van der Waals surface area contributed by atoms with Crippen LogP contribution in [0.3, 0.4) is 0 Å². The zero-order valence-electron chi connectivity index (χ0n) is 12.2. The molecule has 3 heteroatoms. The van der Waals surface area contributed by atoms with Gasteiger partial charge < -0.3 is 5.11 Å². The summed E-state index contributed by atoms with van der Waals surface area (Å²) in [5.74, 6) is -0.636. The predicted octanol–water partition coefficient (Wildman–Crippen LogP) is 3.53.